The second-order valence-corrected chi connectivity index (χ2v) is 6.01. The lowest BCUT2D eigenvalue weighted by molar-refractivity contribution is 0.383. The first-order chi connectivity index (χ1) is 9.26. The van der Waals surface area contributed by atoms with E-state index in [9.17, 15) is 0 Å². The topological polar surface area (TPSA) is 12.0 Å². The number of benzene rings is 1. The molecule has 2 atom stereocenters. The SMILES string of the molecule is CCc1ccc(C(CC)NC(CC)CC2CC2)cc1. The van der Waals surface area contributed by atoms with E-state index in [1.54, 1.807) is 0 Å². The molecule has 0 radical (unpaired) electrons. The molecule has 2 unspecified atom stereocenters. The van der Waals surface area contributed by atoms with E-state index < -0.39 is 0 Å². The van der Waals surface area contributed by atoms with Crippen LogP contribution < -0.4 is 5.32 Å². The zero-order chi connectivity index (χ0) is 13.7. The highest BCUT2D eigenvalue weighted by Crippen LogP contribution is 2.34. The first kappa shape index (κ1) is 14.6. The molecule has 1 aliphatic rings. The van der Waals surface area contributed by atoms with Crippen LogP contribution in [0.15, 0.2) is 24.3 Å². The summed E-state index contributed by atoms with van der Waals surface area (Å²) >= 11 is 0. The number of hydrogen-bond donors (Lipinski definition) is 1. The summed E-state index contributed by atoms with van der Waals surface area (Å²) in [6.45, 7) is 6.81. The van der Waals surface area contributed by atoms with Gasteiger partial charge >= 0.3 is 0 Å². The van der Waals surface area contributed by atoms with E-state index in [-0.39, 0.29) is 0 Å². The summed E-state index contributed by atoms with van der Waals surface area (Å²) < 4.78 is 0. The van der Waals surface area contributed by atoms with Crippen LogP contribution in [0.5, 0.6) is 0 Å². The molecular formula is C18H29N. The number of nitrogens with one attached hydrogen (secondary N) is 1. The monoisotopic (exact) mass is 259 g/mol. The highest BCUT2D eigenvalue weighted by atomic mass is 14.9. The van der Waals surface area contributed by atoms with Gasteiger partial charge in [0, 0.05) is 12.1 Å². The number of aryl methyl sites for hydroxylation is 1. The first-order valence-electron chi connectivity index (χ1n) is 8.11. The minimum atomic E-state index is 0.523. The van der Waals surface area contributed by atoms with Crippen molar-refractivity contribution >= 4 is 0 Å². The molecule has 1 fully saturated rings. The van der Waals surface area contributed by atoms with Gasteiger partial charge in [-0.05, 0) is 42.7 Å². The van der Waals surface area contributed by atoms with E-state index in [1.165, 1.54) is 43.2 Å². The molecule has 106 valence electrons. The lowest BCUT2D eigenvalue weighted by Gasteiger charge is -2.25. The molecule has 0 spiro atoms. The largest absolute Gasteiger partial charge is 0.307 e. The van der Waals surface area contributed by atoms with Crippen LogP contribution >= 0.6 is 0 Å². The van der Waals surface area contributed by atoms with Gasteiger partial charge in [-0.2, -0.15) is 0 Å². The quantitative estimate of drug-likeness (QED) is 0.702. The predicted octanol–water partition coefficient (Wildman–Crippen LogP) is 4.87. The van der Waals surface area contributed by atoms with Gasteiger partial charge in [-0.3, -0.25) is 0 Å². The van der Waals surface area contributed by atoms with Crippen molar-refractivity contribution in [3.8, 4) is 0 Å². The molecule has 1 aliphatic carbocycles. The maximum atomic E-state index is 3.88. The molecule has 19 heavy (non-hydrogen) atoms. The van der Waals surface area contributed by atoms with E-state index >= 15 is 0 Å². The molecular weight excluding hydrogens is 230 g/mol. The Labute approximate surface area is 118 Å². The molecule has 0 aromatic heterocycles. The average Bonchev–Trinajstić information content (AvgIpc) is 3.27. The van der Waals surface area contributed by atoms with Crippen molar-refractivity contribution in [3.63, 3.8) is 0 Å². The third kappa shape index (κ3) is 4.35. The van der Waals surface area contributed by atoms with Gasteiger partial charge in [-0.15, -0.1) is 0 Å². The summed E-state index contributed by atoms with van der Waals surface area (Å²) in [5, 5.41) is 3.88. The molecule has 0 saturated heterocycles. The van der Waals surface area contributed by atoms with Crippen molar-refractivity contribution in [1.29, 1.82) is 0 Å². The number of hydrogen-bond acceptors (Lipinski definition) is 1. The molecule has 0 bridgehead atoms. The fourth-order valence-electron chi connectivity index (χ4n) is 2.83. The molecule has 1 nitrogen and oxygen atoms in total. The second kappa shape index (κ2) is 7.09. The van der Waals surface area contributed by atoms with Crippen LogP contribution in [0, 0.1) is 5.92 Å². The van der Waals surface area contributed by atoms with Gasteiger partial charge in [0.2, 0.25) is 0 Å². The molecule has 1 aromatic rings. The minimum Gasteiger partial charge on any atom is -0.307 e. The smallest absolute Gasteiger partial charge is 0.0320 e. The zero-order valence-electron chi connectivity index (χ0n) is 12.8. The fourth-order valence-corrected chi connectivity index (χ4v) is 2.83. The van der Waals surface area contributed by atoms with Crippen molar-refractivity contribution in [2.75, 3.05) is 0 Å². The van der Waals surface area contributed by atoms with E-state index in [4.69, 9.17) is 0 Å². The minimum absolute atomic E-state index is 0.523. The van der Waals surface area contributed by atoms with Crippen molar-refractivity contribution in [2.24, 2.45) is 5.92 Å². The van der Waals surface area contributed by atoms with Crippen LogP contribution in [0.4, 0.5) is 0 Å². The summed E-state index contributed by atoms with van der Waals surface area (Å²) in [5.41, 5.74) is 2.89. The van der Waals surface area contributed by atoms with Crippen molar-refractivity contribution in [1.82, 2.24) is 5.32 Å². The highest BCUT2D eigenvalue weighted by Gasteiger charge is 2.25. The van der Waals surface area contributed by atoms with Crippen LogP contribution in [0.25, 0.3) is 0 Å². The van der Waals surface area contributed by atoms with E-state index in [0.29, 0.717) is 12.1 Å². The Kier molecular flexibility index (Phi) is 5.45. The second-order valence-electron chi connectivity index (χ2n) is 6.01. The molecule has 0 amide bonds. The Hall–Kier alpha value is -0.820. The Morgan fingerprint density at radius 2 is 1.74 bits per heavy atom. The Bertz CT molecular complexity index is 364. The summed E-state index contributed by atoms with van der Waals surface area (Å²) in [7, 11) is 0. The summed E-state index contributed by atoms with van der Waals surface area (Å²) in [4.78, 5) is 0. The molecule has 1 saturated carbocycles. The summed E-state index contributed by atoms with van der Waals surface area (Å²) in [6, 6.07) is 10.4. The predicted molar refractivity (Wildman–Crippen MR) is 83.4 cm³/mol. The van der Waals surface area contributed by atoms with Crippen molar-refractivity contribution in [2.45, 2.75) is 71.4 Å². The van der Waals surface area contributed by atoms with Gasteiger partial charge in [0.15, 0.2) is 0 Å². The Morgan fingerprint density at radius 1 is 1.05 bits per heavy atom. The molecule has 1 aromatic carbocycles. The molecule has 1 N–H and O–H groups in total. The van der Waals surface area contributed by atoms with Crippen molar-refractivity contribution < 1.29 is 0 Å². The number of rotatable bonds is 8. The maximum absolute atomic E-state index is 3.88. The average molecular weight is 259 g/mol. The standard InChI is InChI=1S/C18H29N/c1-4-14-9-11-16(12-10-14)18(6-3)19-17(5-2)13-15-7-8-15/h9-12,15,17-19H,4-8,13H2,1-3H3. The lowest BCUT2D eigenvalue weighted by atomic mass is 9.99. The third-order valence-electron chi connectivity index (χ3n) is 4.44. The highest BCUT2D eigenvalue weighted by molar-refractivity contribution is 5.25. The van der Waals surface area contributed by atoms with Crippen LogP contribution in [-0.2, 0) is 6.42 Å². The summed E-state index contributed by atoms with van der Waals surface area (Å²) in [5.74, 6) is 1.01. The van der Waals surface area contributed by atoms with Crippen LogP contribution in [0.1, 0.15) is 70.0 Å². The van der Waals surface area contributed by atoms with E-state index in [2.05, 4.69) is 50.4 Å². The van der Waals surface area contributed by atoms with E-state index in [1.807, 2.05) is 0 Å². The van der Waals surface area contributed by atoms with Gasteiger partial charge in [-0.1, -0.05) is 57.9 Å². The zero-order valence-corrected chi connectivity index (χ0v) is 12.8. The normalized spacial score (nSPS) is 18.3. The van der Waals surface area contributed by atoms with Gasteiger partial charge in [0.05, 0.1) is 0 Å². The van der Waals surface area contributed by atoms with E-state index in [0.717, 1.165) is 12.3 Å². The summed E-state index contributed by atoms with van der Waals surface area (Å²) in [6.07, 6.45) is 7.84. The first-order valence-corrected chi connectivity index (χ1v) is 8.11. The third-order valence-corrected chi connectivity index (χ3v) is 4.44. The molecule has 1 heteroatoms. The Balaban J connectivity index is 1.96. The molecule has 2 rings (SSSR count). The van der Waals surface area contributed by atoms with Gasteiger partial charge in [0.1, 0.15) is 0 Å². The lowest BCUT2D eigenvalue weighted by Crippen LogP contribution is -2.32. The van der Waals surface area contributed by atoms with Gasteiger partial charge in [0.25, 0.3) is 0 Å². The van der Waals surface area contributed by atoms with Gasteiger partial charge < -0.3 is 5.32 Å². The van der Waals surface area contributed by atoms with Crippen molar-refractivity contribution in [3.05, 3.63) is 35.4 Å². The Morgan fingerprint density at radius 3 is 2.21 bits per heavy atom. The van der Waals surface area contributed by atoms with Crippen LogP contribution in [-0.4, -0.2) is 6.04 Å². The fraction of sp³-hybridized carbons (Fsp3) is 0.667. The maximum Gasteiger partial charge on any atom is 0.0320 e. The van der Waals surface area contributed by atoms with Gasteiger partial charge in [-0.25, -0.2) is 0 Å². The van der Waals surface area contributed by atoms with Crippen LogP contribution in [0.3, 0.4) is 0 Å². The molecule has 0 heterocycles. The van der Waals surface area contributed by atoms with Crippen LogP contribution in [0.2, 0.25) is 0 Å². The molecule has 0 aliphatic heterocycles.